The number of hydrogen-bond acceptors (Lipinski definition) is 0. The average molecular weight is 357 g/mol. The third-order valence-electron chi connectivity index (χ3n) is 5.54. The fraction of sp³-hybridized carbons (Fsp3) is 0.407. The maximum atomic E-state index is 3.41. The first-order valence-electron chi connectivity index (χ1n) is 10.7. The molecule has 0 heteroatoms. The molecule has 0 N–H and O–H groups in total. The number of unbranched alkanes of at least 4 members (excludes halogenated alkanes) is 1. The van der Waals surface area contributed by atoms with Crippen LogP contribution in [0.3, 0.4) is 0 Å². The van der Waals surface area contributed by atoms with Gasteiger partial charge >= 0.3 is 0 Å². The normalized spacial score (nSPS) is 16.4. The van der Waals surface area contributed by atoms with Crippen molar-refractivity contribution in [1.82, 2.24) is 0 Å². The van der Waals surface area contributed by atoms with Crippen molar-refractivity contribution in [3.8, 4) is 11.8 Å². The molecule has 0 bridgehead atoms. The van der Waals surface area contributed by atoms with Crippen LogP contribution in [0, 0.1) is 11.8 Å². The summed E-state index contributed by atoms with van der Waals surface area (Å²) in [5.74, 6) is 7.42. The monoisotopic (exact) mass is 356 g/mol. The van der Waals surface area contributed by atoms with E-state index in [1.807, 2.05) is 0 Å². The minimum atomic E-state index is 0.657. The lowest BCUT2D eigenvalue weighted by atomic mass is 9.84. The molecule has 0 saturated carbocycles. The quantitative estimate of drug-likeness (QED) is 0.479. The summed E-state index contributed by atoms with van der Waals surface area (Å²) < 4.78 is 0. The molecule has 3 rings (SSSR count). The second kappa shape index (κ2) is 10.2. The van der Waals surface area contributed by atoms with Crippen molar-refractivity contribution in [3.63, 3.8) is 0 Å². The van der Waals surface area contributed by atoms with Crippen molar-refractivity contribution in [2.24, 2.45) is 0 Å². The molecule has 1 aliphatic rings. The summed E-state index contributed by atoms with van der Waals surface area (Å²) in [7, 11) is 0. The van der Waals surface area contributed by atoms with E-state index in [-0.39, 0.29) is 0 Å². The van der Waals surface area contributed by atoms with Gasteiger partial charge in [-0.15, -0.1) is 0 Å². The second-order valence-corrected chi connectivity index (χ2v) is 7.74. The third-order valence-corrected chi connectivity index (χ3v) is 5.54. The molecule has 0 saturated heterocycles. The lowest BCUT2D eigenvalue weighted by Gasteiger charge is -2.20. The van der Waals surface area contributed by atoms with Gasteiger partial charge in [0.05, 0.1) is 0 Å². The molecule has 1 atom stereocenters. The Morgan fingerprint density at radius 1 is 0.815 bits per heavy atom. The summed E-state index contributed by atoms with van der Waals surface area (Å²) in [5.41, 5.74) is 6.81. The Morgan fingerprint density at radius 3 is 2.15 bits per heavy atom. The first-order valence-corrected chi connectivity index (χ1v) is 10.7. The van der Waals surface area contributed by atoms with Crippen molar-refractivity contribution < 1.29 is 0 Å². The Hall–Kier alpha value is -2.26. The summed E-state index contributed by atoms with van der Waals surface area (Å²) >= 11 is 0. The number of hydrogen-bond donors (Lipinski definition) is 0. The van der Waals surface area contributed by atoms with Gasteiger partial charge in [-0.25, -0.2) is 0 Å². The van der Waals surface area contributed by atoms with Gasteiger partial charge in [-0.1, -0.05) is 81.0 Å². The van der Waals surface area contributed by atoms with Crippen LogP contribution in [0.25, 0.3) is 0 Å². The molecular formula is C27H32. The molecule has 2 aromatic carbocycles. The van der Waals surface area contributed by atoms with Crippen molar-refractivity contribution in [2.75, 3.05) is 0 Å². The zero-order valence-corrected chi connectivity index (χ0v) is 16.9. The Bertz CT molecular complexity index is 794. The van der Waals surface area contributed by atoms with E-state index in [2.05, 4.69) is 80.3 Å². The van der Waals surface area contributed by atoms with Crippen LogP contribution in [0.2, 0.25) is 0 Å². The van der Waals surface area contributed by atoms with E-state index in [4.69, 9.17) is 0 Å². The molecule has 0 fully saturated rings. The third kappa shape index (κ3) is 5.86. The highest BCUT2D eigenvalue weighted by Gasteiger charge is 2.15. The first-order chi connectivity index (χ1) is 13.3. The molecule has 27 heavy (non-hydrogen) atoms. The summed E-state index contributed by atoms with van der Waals surface area (Å²) in [6, 6.07) is 18.1. The van der Waals surface area contributed by atoms with Gasteiger partial charge in [0.15, 0.2) is 0 Å². The number of aryl methyl sites for hydroxylation is 2. The van der Waals surface area contributed by atoms with Crippen LogP contribution in [0.15, 0.2) is 60.2 Å². The Labute approximate surface area is 165 Å². The first kappa shape index (κ1) is 19.5. The number of allylic oxidation sites excluding steroid dienone is 2. The Kier molecular flexibility index (Phi) is 7.35. The minimum Gasteiger partial charge on any atom is -0.0723 e. The van der Waals surface area contributed by atoms with Gasteiger partial charge in [0.1, 0.15) is 0 Å². The van der Waals surface area contributed by atoms with Crippen molar-refractivity contribution in [2.45, 2.75) is 71.1 Å². The number of benzene rings is 2. The maximum Gasteiger partial charge on any atom is 0.0249 e. The van der Waals surface area contributed by atoms with Crippen LogP contribution in [0.1, 0.15) is 80.5 Å². The second-order valence-electron chi connectivity index (χ2n) is 7.74. The summed E-state index contributed by atoms with van der Waals surface area (Å²) in [6.07, 6.45) is 11.9. The largest absolute Gasteiger partial charge is 0.0723 e. The summed E-state index contributed by atoms with van der Waals surface area (Å²) in [6.45, 7) is 4.48. The Morgan fingerprint density at radius 2 is 1.52 bits per heavy atom. The van der Waals surface area contributed by atoms with E-state index in [1.165, 1.54) is 60.8 Å². The van der Waals surface area contributed by atoms with E-state index in [0.717, 1.165) is 18.4 Å². The van der Waals surface area contributed by atoms with E-state index >= 15 is 0 Å². The summed E-state index contributed by atoms with van der Waals surface area (Å²) in [5, 5.41) is 0. The molecule has 2 aromatic rings. The van der Waals surface area contributed by atoms with Gasteiger partial charge in [-0.05, 0) is 78.8 Å². The smallest absolute Gasteiger partial charge is 0.0249 e. The molecule has 0 aliphatic heterocycles. The van der Waals surface area contributed by atoms with E-state index in [0.29, 0.717) is 5.92 Å². The van der Waals surface area contributed by atoms with E-state index in [9.17, 15) is 0 Å². The summed E-state index contributed by atoms with van der Waals surface area (Å²) in [4.78, 5) is 0. The molecule has 1 aliphatic carbocycles. The van der Waals surface area contributed by atoms with Crippen LogP contribution < -0.4 is 0 Å². The SMILES string of the molecule is CCCCc1ccc(C#CC2=CCC(c3ccc(CCC)cc3)CC2)cc1. The fourth-order valence-corrected chi connectivity index (χ4v) is 3.78. The molecule has 0 radical (unpaired) electrons. The van der Waals surface area contributed by atoms with Gasteiger partial charge in [0.2, 0.25) is 0 Å². The Balaban J connectivity index is 1.57. The van der Waals surface area contributed by atoms with E-state index < -0.39 is 0 Å². The molecule has 0 nitrogen and oxygen atoms in total. The zero-order valence-electron chi connectivity index (χ0n) is 16.9. The molecule has 0 amide bonds. The van der Waals surface area contributed by atoms with Crippen molar-refractivity contribution in [3.05, 3.63) is 82.4 Å². The molecule has 140 valence electrons. The predicted octanol–water partition coefficient (Wildman–Crippen LogP) is 7.23. The molecule has 0 aromatic heterocycles. The molecular weight excluding hydrogens is 324 g/mol. The molecule has 0 spiro atoms. The highest BCUT2D eigenvalue weighted by atomic mass is 14.2. The highest BCUT2D eigenvalue weighted by molar-refractivity contribution is 5.42. The van der Waals surface area contributed by atoms with Gasteiger partial charge in [-0.3, -0.25) is 0 Å². The fourth-order valence-electron chi connectivity index (χ4n) is 3.78. The standard InChI is InChI=1S/C27H32/c1-3-5-7-23-8-10-24(11-9-23)12-13-25-16-20-27(21-17-25)26-18-14-22(6-4-2)15-19-26/h8-11,14-16,18-19,27H,3-7,17,20-21H2,1-2H3. The minimum absolute atomic E-state index is 0.657. The topological polar surface area (TPSA) is 0 Å². The van der Waals surface area contributed by atoms with Crippen LogP contribution in [-0.2, 0) is 12.8 Å². The number of rotatable bonds is 6. The van der Waals surface area contributed by atoms with Crippen molar-refractivity contribution in [1.29, 1.82) is 0 Å². The van der Waals surface area contributed by atoms with Crippen LogP contribution in [0.4, 0.5) is 0 Å². The van der Waals surface area contributed by atoms with Crippen LogP contribution >= 0.6 is 0 Å². The van der Waals surface area contributed by atoms with Gasteiger partial charge < -0.3 is 0 Å². The lowest BCUT2D eigenvalue weighted by molar-refractivity contribution is 0.607. The highest BCUT2D eigenvalue weighted by Crippen LogP contribution is 2.32. The van der Waals surface area contributed by atoms with Gasteiger partial charge in [0.25, 0.3) is 0 Å². The van der Waals surface area contributed by atoms with E-state index in [1.54, 1.807) is 0 Å². The van der Waals surface area contributed by atoms with Crippen molar-refractivity contribution >= 4 is 0 Å². The predicted molar refractivity (Wildman–Crippen MR) is 117 cm³/mol. The van der Waals surface area contributed by atoms with Gasteiger partial charge in [0, 0.05) is 5.56 Å². The average Bonchev–Trinajstić information content (AvgIpc) is 2.73. The van der Waals surface area contributed by atoms with Crippen LogP contribution in [-0.4, -0.2) is 0 Å². The maximum absolute atomic E-state index is 3.41. The molecule has 0 heterocycles. The van der Waals surface area contributed by atoms with Gasteiger partial charge in [-0.2, -0.15) is 0 Å². The molecule has 1 unspecified atom stereocenters. The lowest BCUT2D eigenvalue weighted by Crippen LogP contribution is -2.04. The van der Waals surface area contributed by atoms with Crippen LogP contribution in [0.5, 0.6) is 0 Å². The zero-order chi connectivity index (χ0) is 18.9.